The molecule has 1 aromatic heterocycles. The van der Waals surface area contributed by atoms with Crippen LogP contribution in [0.25, 0.3) is 10.9 Å². The maximum Gasteiger partial charge on any atom is 0.414 e. The van der Waals surface area contributed by atoms with Gasteiger partial charge < -0.3 is 30.0 Å². The highest BCUT2D eigenvalue weighted by Gasteiger charge is 2.34. The number of aliphatic hydroxyl groups excluding tert-OH is 1. The van der Waals surface area contributed by atoms with Crippen molar-refractivity contribution in [3.63, 3.8) is 0 Å². The summed E-state index contributed by atoms with van der Waals surface area (Å²) in [6.45, 7) is 0.505. The zero-order chi connectivity index (χ0) is 25.2. The third-order valence-electron chi connectivity index (χ3n) is 6.09. The lowest BCUT2D eigenvalue weighted by Gasteiger charge is -2.21. The number of anilines is 2. The Balaban J connectivity index is 1.17. The van der Waals surface area contributed by atoms with Crippen LogP contribution in [-0.2, 0) is 16.1 Å². The second-order valence-electron chi connectivity index (χ2n) is 8.61. The topological polar surface area (TPSA) is 122 Å². The minimum Gasteiger partial charge on any atom is -0.482 e. The van der Waals surface area contributed by atoms with Crippen molar-refractivity contribution in [3.05, 3.63) is 53.8 Å². The number of benzene rings is 2. The minimum absolute atomic E-state index is 0.0516. The fourth-order valence-electron chi connectivity index (χ4n) is 4.33. The van der Waals surface area contributed by atoms with Gasteiger partial charge in [-0.2, -0.15) is 0 Å². The SMILES string of the molecule is COc1ccc2ccc(F)c(CNC[C@H](O)C[C@@H]3CN(c4ccc5c(c4)NC(=O)CO5)C(=O)O3)c2n1. The third-order valence-corrected chi connectivity index (χ3v) is 6.09. The lowest BCUT2D eigenvalue weighted by Crippen LogP contribution is -2.32. The Hall–Kier alpha value is -3.96. The van der Waals surface area contributed by atoms with Crippen LogP contribution in [0.2, 0.25) is 0 Å². The van der Waals surface area contributed by atoms with E-state index in [2.05, 4.69) is 15.6 Å². The molecule has 0 radical (unpaired) electrons. The fraction of sp³-hybridized carbons (Fsp3) is 0.320. The second-order valence-corrected chi connectivity index (χ2v) is 8.61. The van der Waals surface area contributed by atoms with Gasteiger partial charge >= 0.3 is 6.09 Å². The van der Waals surface area contributed by atoms with Gasteiger partial charge in [-0.3, -0.25) is 9.69 Å². The lowest BCUT2D eigenvalue weighted by atomic mass is 10.1. The summed E-state index contributed by atoms with van der Waals surface area (Å²) in [6.07, 6.45) is -1.71. The Morgan fingerprint density at radius 2 is 2.11 bits per heavy atom. The van der Waals surface area contributed by atoms with E-state index in [1.807, 2.05) is 6.07 Å². The molecule has 0 aliphatic carbocycles. The van der Waals surface area contributed by atoms with Gasteiger partial charge in [-0.05, 0) is 36.4 Å². The molecular weight excluding hydrogens is 471 g/mol. The maximum atomic E-state index is 14.5. The number of aliphatic hydroxyl groups is 1. The van der Waals surface area contributed by atoms with Crippen molar-refractivity contribution < 1.29 is 33.3 Å². The standard InChI is InChI=1S/C25H25FN4O6/c1-34-23-7-3-14-2-5-19(26)18(24(14)29-23)11-27-10-16(31)9-17-12-30(25(33)36-17)15-4-6-21-20(8-15)28-22(32)13-35-21/h2-8,16-17,27,31H,9-13H2,1H3,(H,28,32)/t16-,17-/m1/s1. The number of fused-ring (bicyclic) bond motifs is 2. The van der Waals surface area contributed by atoms with Crippen LogP contribution in [0.3, 0.4) is 0 Å². The van der Waals surface area contributed by atoms with Gasteiger partial charge in [0.05, 0.1) is 31.0 Å². The summed E-state index contributed by atoms with van der Waals surface area (Å²) in [7, 11) is 1.50. The predicted octanol–water partition coefficient (Wildman–Crippen LogP) is 2.58. The summed E-state index contributed by atoms with van der Waals surface area (Å²) in [5.74, 6) is 0.240. The summed E-state index contributed by atoms with van der Waals surface area (Å²) < 4.78 is 30.4. The molecule has 2 amide bonds. The van der Waals surface area contributed by atoms with E-state index in [0.29, 0.717) is 34.1 Å². The molecule has 2 atom stereocenters. The van der Waals surface area contributed by atoms with E-state index in [4.69, 9.17) is 14.2 Å². The normalized spacial score (nSPS) is 17.9. The summed E-state index contributed by atoms with van der Waals surface area (Å²) in [6, 6.07) is 11.6. The van der Waals surface area contributed by atoms with Crippen LogP contribution in [-0.4, -0.2) is 61.1 Å². The van der Waals surface area contributed by atoms with E-state index >= 15 is 0 Å². The molecule has 3 heterocycles. The van der Waals surface area contributed by atoms with E-state index in [1.165, 1.54) is 18.1 Å². The van der Waals surface area contributed by atoms with Gasteiger partial charge in [0.15, 0.2) is 6.61 Å². The van der Waals surface area contributed by atoms with Crippen LogP contribution in [0.5, 0.6) is 11.6 Å². The van der Waals surface area contributed by atoms with E-state index in [9.17, 15) is 19.1 Å². The van der Waals surface area contributed by atoms with Gasteiger partial charge in [0.25, 0.3) is 5.91 Å². The van der Waals surface area contributed by atoms with E-state index in [0.717, 1.165) is 5.39 Å². The quantitative estimate of drug-likeness (QED) is 0.435. The maximum absolute atomic E-state index is 14.5. The number of ether oxygens (including phenoxy) is 3. The van der Waals surface area contributed by atoms with Gasteiger partial charge in [0.2, 0.25) is 5.88 Å². The Labute approximate surface area is 206 Å². The van der Waals surface area contributed by atoms with Crippen LogP contribution >= 0.6 is 0 Å². The zero-order valence-electron chi connectivity index (χ0n) is 19.5. The molecule has 2 aliphatic heterocycles. The molecule has 36 heavy (non-hydrogen) atoms. The number of halogens is 1. The average molecular weight is 496 g/mol. The van der Waals surface area contributed by atoms with E-state index in [-0.39, 0.29) is 38.6 Å². The number of carbonyl (C=O) groups is 2. The van der Waals surface area contributed by atoms with Crippen molar-refractivity contribution >= 4 is 34.3 Å². The second kappa shape index (κ2) is 9.96. The molecule has 1 saturated heterocycles. The molecule has 5 rings (SSSR count). The van der Waals surface area contributed by atoms with Crippen LogP contribution in [0, 0.1) is 5.82 Å². The highest BCUT2D eigenvalue weighted by atomic mass is 19.1. The van der Waals surface area contributed by atoms with Crippen LogP contribution < -0.4 is 25.0 Å². The largest absolute Gasteiger partial charge is 0.482 e. The summed E-state index contributed by atoms with van der Waals surface area (Å²) in [5.41, 5.74) is 1.90. The minimum atomic E-state index is -0.834. The molecule has 2 aromatic carbocycles. The number of cyclic esters (lactones) is 1. The van der Waals surface area contributed by atoms with Crippen molar-refractivity contribution in [2.45, 2.75) is 25.2 Å². The van der Waals surface area contributed by atoms with E-state index < -0.39 is 24.1 Å². The molecule has 11 heteroatoms. The number of amides is 2. The van der Waals surface area contributed by atoms with Gasteiger partial charge in [0, 0.05) is 42.2 Å². The third kappa shape index (κ3) is 4.88. The van der Waals surface area contributed by atoms with Crippen LogP contribution in [0.4, 0.5) is 20.6 Å². The number of nitrogens with one attached hydrogen (secondary N) is 2. The number of nitrogens with zero attached hydrogens (tertiary/aromatic N) is 2. The molecule has 1 fully saturated rings. The fourth-order valence-corrected chi connectivity index (χ4v) is 4.33. The van der Waals surface area contributed by atoms with Crippen LogP contribution in [0.15, 0.2) is 42.5 Å². The van der Waals surface area contributed by atoms with Crippen molar-refractivity contribution in [1.29, 1.82) is 0 Å². The van der Waals surface area contributed by atoms with Crippen molar-refractivity contribution in [2.24, 2.45) is 0 Å². The van der Waals surface area contributed by atoms with E-state index in [1.54, 1.807) is 30.3 Å². The molecule has 188 valence electrons. The number of hydrogen-bond donors (Lipinski definition) is 3. The number of carbonyl (C=O) groups excluding carboxylic acids is 2. The summed E-state index contributed by atoms with van der Waals surface area (Å²) in [4.78, 5) is 29.8. The first-order valence-electron chi connectivity index (χ1n) is 11.5. The number of aromatic nitrogens is 1. The number of pyridine rings is 1. The molecule has 2 aliphatic rings. The lowest BCUT2D eigenvalue weighted by molar-refractivity contribution is -0.118. The first-order chi connectivity index (χ1) is 17.4. The number of rotatable bonds is 8. The molecule has 0 bridgehead atoms. The smallest absolute Gasteiger partial charge is 0.414 e. The molecule has 3 N–H and O–H groups in total. The van der Waals surface area contributed by atoms with Crippen LogP contribution in [0.1, 0.15) is 12.0 Å². The molecule has 0 saturated carbocycles. The average Bonchev–Trinajstić information content (AvgIpc) is 3.24. The van der Waals surface area contributed by atoms with Crippen molar-refractivity contribution in [2.75, 3.05) is 37.0 Å². The first kappa shape index (κ1) is 23.8. The molecule has 10 nitrogen and oxygen atoms in total. The predicted molar refractivity (Wildman–Crippen MR) is 129 cm³/mol. The first-order valence-corrected chi connectivity index (χ1v) is 11.5. The Kier molecular flexibility index (Phi) is 6.57. The highest BCUT2D eigenvalue weighted by Crippen LogP contribution is 2.34. The number of methoxy groups -OCH3 is 1. The summed E-state index contributed by atoms with van der Waals surface area (Å²) in [5, 5.41) is 17.1. The molecule has 3 aromatic rings. The zero-order valence-corrected chi connectivity index (χ0v) is 19.5. The highest BCUT2D eigenvalue weighted by molar-refractivity contribution is 5.97. The van der Waals surface area contributed by atoms with Crippen molar-refractivity contribution in [1.82, 2.24) is 10.3 Å². The Morgan fingerprint density at radius 1 is 1.28 bits per heavy atom. The number of hydrogen-bond acceptors (Lipinski definition) is 8. The Bertz CT molecular complexity index is 1320. The Morgan fingerprint density at radius 3 is 2.94 bits per heavy atom. The van der Waals surface area contributed by atoms with Gasteiger partial charge in [-0.25, -0.2) is 14.2 Å². The molecular formula is C25H25FN4O6. The molecule has 0 spiro atoms. The van der Waals surface area contributed by atoms with Gasteiger partial charge in [-0.15, -0.1) is 0 Å². The van der Waals surface area contributed by atoms with Gasteiger partial charge in [-0.1, -0.05) is 0 Å². The van der Waals surface area contributed by atoms with Gasteiger partial charge in [0.1, 0.15) is 17.7 Å². The summed E-state index contributed by atoms with van der Waals surface area (Å²) >= 11 is 0. The van der Waals surface area contributed by atoms with Crippen molar-refractivity contribution in [3.8, 4) is 11.6 Å². The molecule has 0 unspecified atom stereocenters. The monoisotopic (exact) mass is 496 g/mol.